The summed E-state index contributed by atoms with van der Waals surface area (Å²) in [6, 6.07) is 16.9. The predicted molar refractivity (Wildman–Crippen MR) is 87.7 cm³/mol. The highest BCUT2D eigenvalue weighted by Gasteiger charge is 2.22. The Labute approximate surface area is 134 Å². The number of hydrogen-bond donors (Lipinski definition) is 0. The summed E-state index contributed by atoms with van der Waals surface area (Å²) in [7, 11) is 0. The third-order valence-electron chi connectivity index (χ3n) is 3.66. The van der Waals surface area contributed by atoms with E-state index in [2.05, 4.69) is 4.90 Å². The average Bonchev–Trinajstić information content (AvgIpc) is 2.56. The van der Waals surface area contributed by atoms with Crippen LogP contribution in [0.25, 0.3) is 0 Å². The smallest absolute Gasteiger partial charge is 0.410 e. The van der Waals surface area contributed by atoms with Gasteiger partial charge in [-0.2, -0.15) is 0 Å². The van der Waals surface area contributed by atoms with E-state index in [0.29, 0.717) is 18.8 Å². The minimum Gasteiger partial charge on any atom is -0.410 e. The number of hydrogen-bond acceptors (Lipinski definition) is 3. The molecule has 0 atom stereocenters. The fourth-order valence-electron chi connectivity index (χ4n) is 2.47. The molecule has 0 aromatic heterocycles. The summed E-state index contributed by atoms with van der Waals surface area (Å²) in [6.45, 7) is 2.81. The Hall–Kier alpha value is -2.20. The van der Waals surface area contributed by atoms with Crippen LogP contribution in [0, 0.1) is 0 Å². The van der Waals surface area contributed by atoms with Gasteiger partial charge in [-0.15, -0.1) is 0 Å². The van der Waals surface area contributed by atoms with Crippen LogP contribution in [0.4, 0.5) is 10.5 Å². The molecular weight excluding hydrogens is 300 g/mol. The first-order chi connectivity index (χ1) is 10.7. The van der Waals surface area contributed by atoms with Gasteiger partial charge in [-0.1, -0.05) is 35.9 Å². The van der Waals surface area contributed by atoms with Crippen molar-refractivity contribution in [2.75, 3.05) is 31.1 Å². The monoisotopic (exact) mass is 316 g/mol. The summed E-state index contributed by atoms with van der Waals surface area (Å²) in [5.74, 6) is 0.574. The summed E-state index contributed by atoms with van der Waals surface area (Å²) in [4.78, 5) is 16.1. The van der Waals surface area contributed by atoms with Gasteiger partial charge in [0.2, 0.25) is 0 Å². The van der Waals surface area contributed by atoms with Crippen molar-refractivity contribution in [3.63, 3.8) is 0 Å². The largest absolute Gasteiger partial charge is 0.415 e. The fraction of sp³-hybridized carbons (Fsp3) is 0.235. The van der Waals surface area contributed by atoms with Gasteiger partial charge in [-0.3, -0.25) is 0 Å². The Morgan fingerprint density at radius 3 is 2.36 bits per heavy atom. The van der Waals surface area contributed by atoms with Crippen LogP contribution in [-0.2, 0) is 0 Å². The normalized spacial score (nSPS) is 14.8. The number of benzene rings is 2. The zero-order chi connectivity index (χ0) is 15.4. The van der Waals surface area contributed by atoms with E-state index in [1.165, 1.54) is 0 Å². The third kappa shape index (κ3) is 3.52. The van der Waals surface area contributed by atoms with Crippen molar-refractivity contribution in [2.24, 2.45) is 0 Å². The Morgan fingerprint density at radius 2 is 1.68 bits per heavy atom. The second kappa shape index (κ2) is 6.71. The molecule has 0 radical (unpaired) electrons. The zero-order valence-electron chi connectivity index (χ0n) is 12.1. The molecule has 5 heteroatoms. The van der Waals surface area contributed by atoms with Crippen LogP contribution in [0.2, 0.25) is 5.02 Å². The Balaban J connectivity index is 1.56. The molecule has 114 valence electrons. The summed E-state index contributed by atoms with van der Waals surface area (Å²) in [5, 5.41) is 0.725. The van der Waals surface area contributed by atoms with Gasteiger partial charge >= 0.3 is 6.09 Å². The predicted octanol–water partition coefficient (Wildman–Crippen LogP) is 3.66. The van der Waals surface area contributed by atoms with Crippen LogP contribution < -0.4 is 9.64 Å². The SMILES string of the molecule is O=C(Oc1ccccc1)N1CCN(c2cccc(Cl)c2)CC1. The number of carbonyl (C=O) groups excluding carboxylic acids is 1. The van der Waals surface area contributed by atoms with Crippen LogP contribution in [0.15, 0.2) is 54.6 Å². The van der Waals surface area contributed by atoms with Gasteiger partial charge in [0.15, 0.2) is 0 Å². The highest BCUT2D eigenvalue weighted by Crippen LogP contribution is 2.21. The summed E-state index contributed by atoms with van der Waals surface area (Å²) < 4.78 is 5.36. The van der Waals surface area contributed by atoms with Crippen molar-refractivity contribution >= 4 is 23.4 Å². The van der Waals surface area contributed by atoms with Crippen molar-refractivity contribution in [1.82, 2.24) is 4.90 Å². The van der Waals surface area contributed by atoms with Gasteiger partial charge < -0.3 is 14.5 Å². The number of anilines is 1. The second-order valence-corrected chi connectivity index (χ2v) is 5.57. The van der Waals surface area contributed by atoms with E-state index in [9.17, 15) is 4.79 Å². The molecule has 0 unspecified atom stereocenters. The third-order valence-corrected chi connectivity index (χ3v) is 3.89. The first-order valence-corrected chi connectivity index (χ1v) is 7.62. The van der Waals surface area contributed by atoms with E-state index in [-0.39, 0.29) is 6.09 Å². The molecule has 1 saturated heterocycles. The fourth-order valence-corrected chi connectivity index (χ4v) is 2.66. The van der Waals surface area contributed by atoms with Crippen molar-refractivity contribution < 1.29 is 9.53 Å². The maximum absolute atomic E-state index is 12.1. The van der Waals surface area contributed by atoms with E-state index < -0.39 is 0 Å². The number of piperazine rings is 1. The molecule has 3 rings (SSSR count). The van der Waals surface area contributed by atoms with E-state index in [1.54, 1.807) is 17.0 Å². The second-order valence-electron chi connectivity index (χ2n) is 5.13. The number of nitrogens with zero attached hydrogens (tertiary/aromatic N) is 2. The molecule has 1 aliphatic rings. The number of rotatable bonds is 2. The lowest BCUT2D eigenvalue weighted by Crippen LogP contribution is -2.49. The Bertz CT molecular complexity index is 640. The van der Waals surface area contributed by atoms with Crippen molar-refractivity contribution in [2.45, 2.75) is 0 Å². The molecule has 1 heterocycles. The number of carbonyl (C=O) groups is 1. The van der Waals surface area contributed by atoms with E-state index in [1.807, 2.05) is 42.5 Å². The quantitative estimate of drug-likeness (QED) is 0.847. The van der Waals surface area contributed by atoms with Crippen molar-refractivity contribution in [1.29, 1.82) is 0 Å². The molecule has 2 aromatic carbocycles. The molecule has 0 aliphatic carbocycles. The van der Waals surface area contributed by atoms with Gasteiger partial charge in [0.1, 0.15) is 5.75 Å². The number of ether oxygens (including phenoxy) is 1. The molecule has 0 bridgehead atoms. The highest BCUT2D eigenvalue weighted by molar-refractivity contribution is 6.30. The van der Waals surface area contributed by atoms with E-state index in [0.717, 1.165) is 23.8 Å². The Kier molecular flexibility index (Phi) is 4.49. The van der Waals surface area contributed by atoms with Crippen molar-refractivity contribution in [3.05, 3.63) is 59.6 Å². The summed E-state index contributed by atoms with van der Waals surface area (Å²) in [5.41, 5.74) is 1.09. The minimum absolute atomic E-state index is 0.294. The number of para-hydroxylation sites is 1. The molecule has 1 fully saturated rings. The molecule has 22 heavy (non-hydrogen) atoms. The van der Waals surface area contributed by atoms with E-state index in [4.69, 9.17) is 16.3 Å². The van der Waals surface area contributed by atoms with Crippen molar-refractivity contribution in [3.8, 4) is 5.75 Å². The number of halogens is 1. The maximum atomic E-state index is 12.1. The summed E-state index contributed by atoms with van der Waals surface area (Å²) in [6.07, 6.45) is -0.294. The van der Waals surface area contributed by atoms with Crippen LogP contribution in [0.5, 0.6) is 5.75 Å². The maximum Gasteiger partial charge on any atom is 0.415 e. The topological polar surface area (TPSA) is 32.8 Å². The lowest BCUT2D eigenvalue weighted by Gasteiger charge is -2.35. The van der Waals surface area contributed by atoms with Crippen LogP contribution in [0.3, 0.4) is 0 Å². The van der Waals surface area contributed by atoms with Gasteiger partial charge in [0, 0.05) is 36.9 Å². The number of amides is 1. The van der Waals surface area contributed by atoms with E-state index >= 15 is 0 Å². The lowest BCUT2D eigenvalue weighted by atomic mass is 10.2. The lowest BCUT2D eigenvalue weighted by molar-refractivity contribution is 0.149. The van der Waals surface area contributed by atoms with Crippen LogP contribution in [-0.4, -0.2) is 37.2 Å². The highest BCUT2D eigenvalue weighted by atomic mass is 35.5. The molecular formula is C17H17ClN2O2. The standard InChI is InChI=1S/C17H17ClN2O2/c18-14-5-4-6-15(13-14)19-9-11-20(12-10-19)17(21)22-16-7-2-1-3-8-16/h1-8,13H,9-12H2. The Morgan fingerprint density at radius 1 is 0.955 bits per heavy atom. The van der Waals surface area contributed by atoms with Gasteiger partial charge in [0.05, 0.1) is 0 Å². The molecule has 4 nitrogen and oxygen atoms in total. The molecule has 1 amide bonds. The van der Waals surface area contributed by atoms with Crippen LogP contribution >= 0.6 is 11.6 Å². The van der Waals surface area contributed by atoms with Crippen LogP contribution in [0.1, 0.15) is 0 Å². The van der Waals surface area contributed by atoms with Gasteiger partial charge in [0.25, 0.3) is 0 Å². The first kappa shape index (κ1) is 14.7. The molecule has 1 aliphatic heterocycles. The first-order valence-electron chi connectivity index (χ1n) is 7.25. The van der Waals surface area contributed by atoms with Gasteiger partial charge in [-0.05, 0) is 30.3 Å². The zero-order valence-corrected chi connectivity index (χ0v) is 12.9. The molecule has 0 spiro atoms. The molecule has 0 N–H and O–H groups in total. The van der Waals surface area contributed by atoms with Gasteiger partial charge in [-0.25, -0.2) is 4.79 Å². The molecule has 0 saturated carbocycles. The average molecular weight is 317 g/mol. The summed E-state index contributed by atoms with van der Waals surface area (Å²) >= 11 is 6.02. The minimum atomic E-state index is -0.294. The molecule has 2 aromatic rings.